The second kappa shape index (κ2) is 5.56. The van der Waals surface area contributed by atoms with Crippen LogP contribution in [0.25, 0.3) is 0 Å². The van der Waals surface area contributed by atoms with E-state index in [0.29, 0.717) is 18.0 Å². The minimum absolute atomic E-state index is 0.0461. The molecule has 5 heteroatoms. The zero-order valence-corrected chi connectivity index (χ0v) is 13.1. The van der Waals surface area contributed by atoms with Gasteiger partial charge in [0.2, 0.25) is 0 Å². The number of nitrogens with zero attached hydrogens (tertiary/aromatic N) is 2. The average Bonchev–Trinajstić information content (AvgIpc) is 2.94. The first-order valence-corrected chi connectivity index (χ1v) is 7.19. The molecule has 0 bridgehead atoms. The lowest BCUT2D eigenvalue weighted by Crippen LogP contribution is -2.38. The van der Waals surface area contributed by atoms with E-state index in [1.54, 1.807) is 10.9 Å². The fourth-order valence-corrected chi connectivity index (χ4v) is 2.84. The quantitative estimate of drug-likeness (QED) is 0.919. The van der Waals surface area contributed by atoms with Crippen molar-refractivity contribution in [3.05, 3.63) is 17.5 Å². The number of ether oxygens (including phenoxy) is 1. The molecule has 20 heavy (non-hydrogen) atoms. The predicted molar refractivity (Wildman–Crippen MR) is 77.6 cm³/mol. The van der Waals surface area contributed by atoms with E-state index in [0.717, 1.165) is 18.7 Å². The smallest absolute Gasteiger partial charge is 0.254 e. The normalized spacial score (nSPS) is 23.1. The van der Waals surface area contributed by atoms with Crippen LogP contribution in [0.2, 0.25) is 0 Å². The summed E-state index contributed by atoms with van der Waals surface area (Å²) in [7, 11) is 1.84. The Morgan fingerprint density at radius 1 is 1.55 bits per heavy atom. The van der Waals surface area contributed by atoms with Gasteiger partial charge in [0.25, 0.3) is 5.91 Å². The third-order valence-electron chi connectivity index (χ3n) is 4.07. The van der Waals surface area contributed by atoms with Crippen molar-refractivity contribution in [3.63, 3.8) is 0 Å². The Balaban J connectivity index is 1.95. The number of rotatable bonds is 3. The fourth-order valence-electron chi connectivity index (χ4n) is 2.84. The molecule has 0 aromatic carbocycles. The van der Waals surface area contributed by atoms with Gasteiger partial charge < -0.3 is 10.1 Å². The maximum Gasteiger partial charge on any atom is 0.254 e. The highest BCUT2D eigenvalue weighted by atomic mass is 16.5. The molecule has 112 valence electrons. The molecule has 1 aliphatic rings. The van der Waals surface area contributed by atoms with Gasteiger partial charge in [-0.2, -0.15) is 5.10 Å². The van der Waals surface area contributed by atoms with Crippen LogP contribution in [-0.4, -0.2) is 34.9 Å². The highest BCUT2D eigenvalue weighted by Crippen LogP contribution is 2.34. The molecule has 1 fully saturated rings. The number of hydrogen-bond donors (Lipinski definition) is 1. The first kappa shape index (κ1) is 15.0. The third-order valence-corrected chi connectivity index (χ3v) is 4.07. The van der Waals surface area contributed by atoms with Gasteiger partial charge >= 0.3 is 0 Å². The van der Waals surface area contributed by atoms with Crippen molar-refractivity contribution in [1.82, 2.24) is 15.1 Å². The van der Waals surface area contributed by atoms with Gasteiger partial charge in [-0.05, 0) is 18.8 Å². The van der Waals surface area contributed by atoms with Crippen LogP contribution in [0.4, 0.5) is 0 Å². The Hall–Kier alpha value is -1.36. The molecule has 2 atom stereocenters. The zero-order valence-electron chi connectivity index (χ0n) is 13.1. The standard InChI is InChI=1S/C15H25N3O2/c1-10-12(9-17-18(10)5)14(19)16-8-11-6-7-20-13(11)15(2,3)4/h9,11,13H,6-8H2,1-5H3,(H,16,19)/t11-,13+/m1/s1. The summed E-state index contributed by atoms with van der Waals surface area (Å²) in [5.74, 6) is 0.339. The van der Waals surface area contributed by atoms with E-state index in [9.17, 15) is 4.79 Å². The lowest BCUT2D eigenvalue weighted by molar-refractivity contribution is 0.00737. The van der Waals surface area contributed by atoms with Gasteiger partial charge in [0.1, 0.15) is 0 Å². The lowest BCUT2D eigenvalue weighted by atomic mass is 9.81. The summed E-state index contributed by atoms with van der Waals surface area (Å²) in [5, 5.41) is 7.13. The monoisotopic (exact) mass is 279 g/mol. The Labute approximate surface area is 120 Å². The number of amides is 1. The molecular formula is C15H25N3O2. The van der Waals surface area contributed by atoms with Crippen molar-refractivity contribution < 1.29 is 9.53 Å². The van der Waals surface area contributed by atoms with E-state index in [1.165, 1.54) is 0 Å². The highest BCUT2D eigenvalue weighted by molar-refractivity contribution is 5.95. The van der Waals surface area contributed by atoms with Crippen LogP contribution >= 0.6 is 0 Å². The summed E-state index contributed by atoms with van der Waals surface area (Å²) >= 11 is 0. The SMILES string of the molecule is Cc1c(C(=O)NC[C@H]2CCO[C@@H]2C(C)(C)C)cnn1C. The molecule has 1 aromatic rings. The van der Waals surface area contributed by atoms with Crippen LogP contribution < -0.4 is 5.32 Å². The molecule has 2 rings (SSSR count). The largest absolute Gasteiger partial charge is 0.377 e. The minimum Gasteiger partial charge on any atom is -0.377 e. The van der Waals surface area contributed by atoms with E-state index >= 15 is 0 Å². The molecule has 2 heterocycles. The molecule has 0 radical (unpaired) electrons. The van der Waals surface area contributed by atoms with Gasteiger partial charge in [0.15, 0.2) is 0 Å². The predicted octanol–water partition coefficient (Wildman–Crippen LogP) is 1.91. The molecule has 1 aromatic heterocycles. The number of nitrogens with one attached hydrogen (secondary N) is 1. The van der Waals surface area contributed by atoms with Gasteiger partial charge in [-0.1, -0.05) is 20.8 Å². The van der Waals surface area contributed by atoms with Crippen molar-refractivity contribution in [3.8, 4) is 0 Å². The van der Waals surface area contributed by atoms with Gasteiger partial charge in [-0.25, -0.2) is 0 Å². The second-order valence-corrected chi connectivity index (χ2v) is 6.68. The van der Waals surface area contributed by atoms with Crippen molar-refractivity contribution in [2.24, 2.45) is 18.4 Å². The second-order valence-electron chi connectivity index (χ2n) is 6.68. The summed E-state index contributed by atoms with van der Waals surface area (Å²) in [6.07, 6.45) is 2.84. The molecule has 0 saturated carbocycles. The zero-order chi connectivity index (χ0) is 14.9. The molecule has 0 spiro atoms. The average molecular weight is 279 g/mol. The topological polar surface area (TPSA) is 56.1 Å². The molecule has 1 N–H and O–H groups in total. The number of aromatic nitrogens is 2. The summed E-state index contributed by atoms with van der Waals surface area (Å²) in [4.78, 5) is 12.2. The van der Waals surface area contributed by atoms with Crippen LogP contribution in [0.1, 0.15) is 43.2 Å². The van der Waals surface area contributed by atoms with E-state index in [1.807, 2.05) is 14.0 Å². The van der Waals surface area contributed by atoms with Crippen molar-refractivity contribution in [2.75, 3.05) is 13.2 Å². The van der Waals surface area contributed by atoms with E-state index in [-0.39, 0.29) is 17.4 Å². The van der Waals surface area contributed by atoms with Gasteiger partial charge in [-0.3, -0.25) is 9.48 Å². The van der Waals surface area contributed by atoms with Crippen molar-refractivity contribution >= 4 is 5.91 Å². The Morgan fingerprint density at radius 2 is 2.25 bits per heavy atom. The van der Waals surface area contributed by atoms with Gasteiger partial charge in [-0.15, -0.1) is 0 Å². The first-order valence-electron chi connectivity index (χ1n) is 7.19. The molecule has 1 amide bonds. The number of hydrogen-bond acceptors (Lipinski definition) is 3. The van der Waals surface area contributed by atoms with Crippen molar-refractivity contribution in [1.29, 1.82) is 0 Å². The number of aryl methyl sites for hydroxylation is 1. The van der Waals surface area contributed by atoms with Crippen LogP contribution in [-0.2, 0) is 11.8 Å². The molecule has 5 nitrogen and oxygen atoms in total. The summed E-state index contributed by atoms with van der Waals surface area (Å²) < 4.78 is 7.54. The maximum absolute atomic E-state index is 12.2. The van der Waals surface area contributed by atoms with Crippen molar-refractivity contribution in [2.45, 2.75) is 40.2 Å². The fraction of sp³-hybridized carbons (Fsp3) is 0.733. The summed E-state index contributed by atoms with van der Waals surface area (Å²) in [6.45, 7) is 9.90. The molecule has 1 aliphatic heterocycles. The van der Waals surface area contributed by atoms with E-state index in [2.05, 4.69) is 31.2 Å². The lowest BCUT2D eigenvalue weighted by Gasteiger charge is -2.31. The molecular weight excluding hydrogens is 254 g/mol. The minimum atomic E-state index is -0.0461. The Kier molecular flexibility index (Phi) is 4.18. The number of carbonyl (C=O) groups excluding carboxylic acids is 1. The van der Waals surface area contributed by atoms with Crippen LogP contribution in [0.3, 0.4) is 0 Å². The number of carbonyl (C=O) groups is 1. The van der Waals surface area contributed by atoms with Crippen LogP contribution in [0.5, 0.6) is 0 Å². The Morgan fingerprint density at radius 3 is 2.80 bits per heavy atom. The third kappa shape index (κ3) is 3.03. The summed E-state index contributed by atoms with van der Waals surface area (Å²) in [5.41, 5.74) is 1.65. The summed E-state index contributed by atoms with van der Waals surface area (Å²) in [6, 6.07) is 0. The van der Waals surface area contributed by atoms with Gasteiger partial charge in [0, 0.05) is 31.8 Å². The maximum atomic E-state index is 12.2. The van der Waals surface area contributed by atoms with Crippen LogP contribution in [0.15, 0.2) is 6.20 Å². The van der Waals surface area contributed by atoms with Gasteiger partial charge in [0.05, 0.1) is 17.9 Å². The molecule has 0 aliphatic carbocycles. The molecule has 0 unspecified atom stereocenters. The first-order chi connectivity index (χ1) is 9.30. The molecule has 1 saturated heterocycles. The van der Waals surface area contributed by atoms with Crippen LogP contribution in [0, 0.1) is 18.3 Å². The highest BCUT2D eigenvalue weighted by Gasteiger charge is 2.37. The van der Waals surface area contributed by atoms with E-state index in [4.69, 9.17) is 4.74 Å². The van der Waals surface area contributed by atoms with E-state index < -0.39 is 0 Å². The Bertz CT molecular complexity index is 488.